The molecule has 1 fully saturated rings. The number of nitrogens with zero attached hydrogens (tertiary/aromatic N) is 2. The molecule has 0 unspecified atom stereocenters. The van der Waals surface area contributed by atoms with Gasteiger partial charge >= 0.3 is 0 Å². The molecule has 1 saturated heterocycles. The number of hydrogen-bond donors (Lipinski definition) is 2. The number of fused-ring (bicyclic) bond motifs is 2. The lowest BCUT2D eigenvalue weighted by molar-refractivity contribution is -0.126. The van der Waals surface area contributed by atoms with E-state index < -0.39 is 0 Å². The number of imidazole rings is 1. The molecule has 6 heteroatoms. The van der Waals surface area contributed by atoms with E-state index in [1.165, 1.54) is 16.3 Å². The van der Waals surface area contributed by atoms with Crippen molar-refractivity contribution in [1.29, 1.82) is 0 Å². The van der Waals surface area contributed by atoms with Crippen molar-refractivity contribution in [3.8, 4) is 0 Å². The molecule has 3 aromatic carbocycles. The smallest absolute Gasteiger partial charge is 0.237 e. The lowest BCUT2D eigenvalue weighted by Crippen LogP contribution is -2.45. The van der Waals surface area contributed by atoms with Crippen LogP contribution in [-0.2, 0) is 11.3 Å². The van der Waals surface area contributed by atoms with Crippen molar-refractivity contribution in [3.63, 3.8) is 0 Å². The molecule has 0 spiro atoms. The van der Waals surface area contributed by atoms with Crippen molar-refractivity contribution in [2.75, 3.05) is 6.54 Å². The number of benzene rings is 3. The molecular formula is C26H28N4OS. The molecule has 2 heterocycles. The van der Waals surface area contributed by atoms with Crippen LogP contribution in [0.25, 0.3) is 21.8 Å². The van der Waals surface area contributed by atoms with Gasteiger partial charge in [0.25, 0.3) is 0 Å². The standard InChI is InChI=1S/C26H28N4OS/c1-17(2)27-25(31)24-14-20(32-26-28-22-12-5-6-13-23(22)29-26)16-30(24)15-19-10-7-9-18-8-3-4-11-21(18)19/h3-13,17,20,24H,14-16H2,1-2H3,(H,27,31)(H,28,29)/t20-,24-/m0/s1. The van der Waals surface area contributed by atoms with Crippen LogP contribution in [0.15, 0.2) is 71.9 Å². The molecule has 4 aromatic rings. The normalized spacial score (nSPS) is 19.2. The van der Waals surface area contributed by atoms with Crippen molar-refractivity contribution in [2.24, 2.45) is 0 Å². The summed E-state index contributed by atoms with van der Waals surface area (Å²) in [6.07, 6.45) is 0.811. The lowest BCUT2D eigenvalue weighted by Gasteiger charge is -2.25. The van der Waals surface area contributed by atoms with Crippen LogP contribution in [0.2, 0.25) is 0 Å². The van der Waals surface area contributed by atoms with Crippen molar-refractivity contribution in [3.05, 3.63) is 72.3 Å². The summed E-state index contributed by atoms with van der Waals surface area (Å²) < 4.78 is 0. The molecule has 2 N–H and O–H groups in total. The van der Waals surface area contributed by atoms with E-state index in [1.807, 2.05) is 38.1 Å². The Kier molecular flexibility index (Phi) is 5.89. The largest absolute Gasteiger partial charge is 0.353 e. The highest BCUT2D eigenvalue weighted by atomic mass is 32.2. The second-order valence-electron chi connectivity index (χ2n) is 8.78. The summed E-state index contributed by atoms with van der Waals surface area (Å²) in [6, 6.07) is 23.0. The van der Waals surface area contributed by atoms with E-state index in [1.54, 1.807) is 11.8 Å². The minimum Gasteiger partial charge on any atom is -0.353 e. The van der Waals surface area contributed by atoms with Gasteiger partial charge in [0, 0.05) is 24.4 Å². The number of carbonyl (C=O) groups is 1. The number of likely N-dealkylation sites (tertiary alicyclic amines) is 1. The maximum absolute atomic E-state index is 13.1. The Labute approximate surface area is 192 Å². The molecule has 1 amide bonds. The number of aromatic nitrogens is 2. The van der Waals surface area contributed by atoms with E-state index >= 15 is 0 Å². The van der Waals surface area contributed by atoms with Crippen LogP contribution in [0.5, 0.6) is 0 Å². The minimum absolute atomic E-state index is 0.118. The zero-order chi connectivity index (χ0) is 22.1. The van der Waals surface area contributed by atoms with Gasteiger partial charge in [0.15, 0.2) is 5.16 Å². The van der Waals surface area contributed by atoms with Gasteiger partial charge in [-0.2, -0.15) is 0 Å². The average molecular weight is 445 g/mol. The van der Waals surface area contributed by atoms with Gasteiger partial charge in [0.2, 0.25) is 5.91 Å². The molecule has 1 aromatic heterocycles. The Morgan fingerprint density at radius 2 is 1.91 bits per heavy atom. The minimum atomic E-state index is -0.141. The summed E-state index contributed by atoms with van der Waals surface area (Å²) in [4.78, 5) is 23.6. The van der Waals surface area contributed by atoms with E-state index in [9.17, 15) is 4.79 Å². The number of amides is 1. The maximum atomic E-state index is 13.1. The summed E-state index contributed by atoms with van der Waals surface area (Å²) >= 11 is 1.75. The summed E-state index contributed by atoms with van der Waals surface area (Å²) in [7, 11) is 0. The zero-order valence-corrected chi connectivity index (χ0v) is 19.2. The monoisotopic (exact) mass is 444 g/mol. The third-order valence-electron chi connectivity index (χ3n) is 6.00. The van der Waals surface area contributed by atoms with Gasteiger partial charge in [-0.05, 0) is 48.7 Å². The SMILES string of the molecule is CC(C)NC(=O)[C@@H]1C[C@H](Sc2nc3ccccc3[nH]2)CN1Cc1cccc2ccccc12. The third-order valence-corrected chi connectivity index (χ3v) is 7.09. The van der Waals surface area contributed by atoms with Crippen LogP contribution < -0.4 is 5.32 Å². The Hall–Kier alpha value is -2.83. The van der Waals surface area contributed by atoms with Crippen LogP contribution in [-0.4, -0.2) is 44.7 Å². The molecule has 5 nitrogen and oxygen atoms in total. The van der Waals surface area contributed by atoms with Crippen LogP contribution >= 0.6 is 11.8 Å². The van der Waals surface area contributed by atoms with Crippen molar-refractivity contribution >= 4 is 39.5 Å². The second kappa shape index (κ2) is 8.96. The fourth-order valence-corrected chi connectivity index (χ4v) is 5.75. The van der Waals surface area contributed by atoms with E-state index in [-0.39, 0.29) is 18.0 Å². The van der Waals surface area contributed by atoms with E-state index in [0.717, 1.165) is 35.7 Å². The molecule has 32 heavy (non-hydrogen) atoms. The fourth-order valence-electron chi connectivity index (χ4n) is 4.57. The number of H-pyrrole nitrogens is 1. The first-order valence-electron chi connectivity index (χ1n) is 11.2. The Balaban J connectivity index is 1.39. The molecule has 0 radical (unpaired) electrons. The van der Waals surface area contributed by atoms with Crippen LogP contribution in [0.1, 0.15) is 25.8 Å². The van der Waals surface area contributed by atoms with Gasteiger partial charge in [-0.25, -0.2) is 4.98 Å². The Bertz CT molecular complexity index is 1210. The van der Waals surface area contributed by atoms with Crippen LogP contribution in [0, 0.1) is 0 Å². The van der Waals surface area contributed by atoms with Crippen LogP contribution in [0.4, 0.5) is 0 Å². The number of carbonyl (C=O) groups excluding carboxylic acids is 1. The summed E-state index contributed by atoms with van der Waals surface area (Å²) in [5.41, 5.74) is 3.30. The first-order valence-corrected chi connectivity index (χ1v) is 12.1. The number of rotatable bonds is 6. The van der Waals surface area contributed by atoms with Crippen molar-refractivity contribution < 1.29 is 4.79 Å². The number of para-hydroxylation sites is 2. The highest BCUT2D eigenvalue weighted by Gasteiger charge is 2.38. The summed E-state index contributed by atoms with van der Waals surface area (Å²) in [5.74, 6) is 0.118. The Morgan fingerprint density at radius 3 is 2.75 bits per heavy atom. The van der Waals surface area contributed by atoms with Gasteiger partial charge in [-0.1, -0.05) is 66.4 Å². The van der Waals surface area contributed by atoms with Crippen molar-refractivity contribution in [1.82, 2.24) is 20.2 Å². The van der Waals surface area contributed by atoms with Gasteiger partial charge in [0.05, 0.1) is 17.1 Å². The molecule has 1 aliphatic heterocycles. The molecule has 164 valence electrons. The second-order valence-corrected chi connectivity index (χ2v) is 10.1. The quantitative estimate of drug-likeness (QED) is 0.441. The zero-order valence-electron chi connectivity index (χ0n) is 18.4. The van der Waals surface area contributed by atoms with Gasteiger partial charge in [0.1, 0.15) is 0 Å². The maximum Gasteiger partial charge on any atom is 0.237 e. The Morgan fingerprint density at radius 1 is 1.12 bits per heavy atom. The fraction of sp³-hybridized carbons (Fsp3) is 0.308. The number of aromatic amines is 1. The van der Waals surface area contributed by atoms with Crippen molar-refractivity contribution in [2.45, 2.75) is 49.3 Å². The molecule has 0 aliphatic carbocycles. The molecule has 2 atom stereocenters. The van der Waals surface area contributed by atoms with Gasteiger partial charge < -0.3 is 10.3 Å². The number of hydrogen-bond acceptors (Lipinski definition) is 4. The van der Waals surface area contributed by atoms with Gasteiger partial charge in [-0.3, -0.25) is 9.69 Å². The van der Waals surface area contributed by atoms with E-state index in [4.69, 9.17) is 4.98 Å². The first kappa shape index (κ1) is 21.0. The highest BCUT2D eigenvalue weighted by molar-refractivity contribution is 7.99. The topological polar surface area (TPSA) is 61.0 Å². The van der Waals surface area contributed by atoms with Crippen LogP contribution in [0.3, 0.4) is 0 Å². The first-order chi connectivity index (χ1) is 15.6. The third kappa shape index (κ3) is 4.38. The molecule has 1 aliphatic rings. The lowest BCUT2D eigenvalue weighted by atomic mass is 10.0. The summed E-state index contributed by atoms with van der Waals surface area (Å²) in [5, 5.41) is 6.84. The number of nitrogens with one attached hydrogen (secondary N) is 2. The molecule has 0 bridgehead atoms. The predicted molar refractivity (Wildman–Crippen MR) is 132 cm³/mol. The molecular weight excluding hydrogens is 416 g/mol. The highest BCUT2D eigenvalue weighted by Crippen LogP contribution is 2.34. The number of thioether (sulfide) groups is 1. The van der Waals surface area contributed by atoms with E-state index in [0.29, 0.717) is 5.25 Å². The molecule has 5 rings (SSSR count). The van der Waals surface area contributed by atoms with Gasteiger partial charge in [-0.15, -0.1) is 0 Å². The molecule has 0 saturated carbocycles. The average Bonchev–Trinajstić information content (AvgIpc) is 3.37. The van der Waals surface area contributed by atoms with E-state index in [2.05, 4.69) is 57.7 Å². The summed E-state index contributed by atoms with van der Waals surface area (Å²) in [6.45, 7) is 5.64. The predicted octanol–water partition coefficient (Wildman–Crippen LogP) is 4.98.